The van der Waals surface area contributed by atoms with E-state index in [-0.39, 0.29) is 11.9 Å². The van der Waals surface area contributed by atoms with Crippen molar-refractivity contribution in [1.29, 1.82) is 0 Å². The van der Waals surface area contributed by atoms with Gasteiger partial charge in [-0.1, -0.05) is 42.8 Å². The van der Waals surface area contributed by atoms with E-state index in [4.69, 9.17) is 11.6 Å². The van der Waals surface area contributed by atoms with Crippen LogP contribution < -0.4 is 5.32 Å². The van der Waals surface area contributed by atoms with Crippen LogP contribution >= 0.6 is 27.5 Å². The van der Waals surface area contributed by atoms with E-state index in [0.717, 1.165) is 22.1 Å². The average molecular weight is 343 g/mol. The zero-order valence-corrected chi connectivity index (χ0v) is 12.8. The van der Waals surface area contributed by atoms with Gasteiger partial charge in [0.2, 0.25) is 0 Å². The van der Waals surface area contributed by atoms with Crippen LogP contribution in [0.4, 0.5) is 4.39 Å². The largest absolute Gasteiger partial charge is 0.306 e. The van der Waals surface area contributed by atoms with E-state index < -0.39 is 0 Å². The average Bonchev–Trinajstić information content (AvgIpc) is 2.40. The second-order valence-electron chi connectivity index (χ2n) is 4.19. The van der Waals surface area contributed by atoms with Gasteiger partial charge in [-0.3, -0.25) is 0 Å². The fourth-order valence-corrected chi connectivity index (χ4v) is 2.66. The second-order valence-corrected chi connectivity index (χ2v) is 5.42. The lowest BCUT2D eigenvalue weighted by molar-refractivity contribution is 0.603. The standard InChI is InChI=1S/C15H14BrClFN/c1-2-19-15(10-5-3-6-11(18)9-10)12-7-4-8-13(16)14(12)17/h3-9,15,19H,2H2,1H3. The van der Waals surface area contributed by atoms with Gasteiger partial charge in [-0.15, -0.1) is 0 Å². The molecule has 100 valence electrons. The molecule has 1 atom stereocenters. The molecule has 2 aromatic rings. The molecule has 0 radical (unpaired) electrons. The van der Waals surface area contributed by atoms with Gasteiger partial charge in [-0.05, 0) is 51.8 Å². The van der Waals surface area contributed by atoms with Crippen LogP contribution in [0.5, 0.6) is 0 Å². The fourth-order valence-electron chi connectivity index (χ4n) is 2.04. The van der Waals surface area contributed by atoms with Gasteiger partial charge in [0.15, 0.2) is 0 Å². The molecule has 0 saturated heterocycles. The molecule has 1 nitrogen and oxygen atoms in total. The highest BCUT2D eigenvalue weighted by Crippen LogP contribution is 2.33. The van der Waals surface area contributed by atoms with E-state index >= 15 is 0 Å². The Morgan fingerprint density at radius 2 is 2.00 bits per heavy atom. The van der Waals surface area contributed by atoms with Gasteiger partial charge < -0.3 is 5.32 Å². The van der Waals surface area contributed by atoms with Gasteiger partial charge in [0.05, 0.1) is 11.1 Å². The summed E-state index contributed by atoms with van der Waals surface area (Å²) in [7, 11) is 0. The molecule has 1 N–H and O–H groups in total. The molecule has 0 saturated carbocycles. The van der Waals surface area contributed by atoms with Crippen LogP contribution in [-0.2, 0) is 0 Å². The zero-order chi connectivity index (χ0) is 13.8. The van der Waals surface area contributed by atoms with Gasteiger partial charge in [0.1, 0.15) is 5.82 Å². The molecule has 0 aliphatic heterocycles. The number of hydrogen-bond donors (Lipinski definition) is 1. The van der Waals surface area contributed by atoms with Crippen molar-refractivity contribution in [2.24, 2.45) is 0 Å². The highest BCUT2D eigenvalue weighted by molar-refractivity contribution is 9.10. The first kappa shape index (κ1) is 14.5. The van der Waals surface area contributed by atoms with Crippen molar-refractivity contribution in [3.05, 3.63) is 68.9 Å². The third kappa shape index (κ3) is 3.35. The van der Waals surface area contributed by atoms with Crippen molar-refractivity contribution < 1.29 is 4.39 Å². The highest BCUT2D eigenvalue weighted by Gasteiger charge is 2.17. The van der Waals surface area contributed by atoms with Crippen LogP contribution in [0.1, 0.15) is 24.1 Å². The summed E-state index contributed by atoms with van der Waals surface area (Å²) in [5, 5.41) is 3.99. The van der Waals surface area contributed by atoms with Crippen molar-refractivity contribution in [1.82, 2.24) is 5.32 Å². The predicted molar refractivity (Wildman–Crippen MR) is 81.1 cm³/mol. The number of hydrogen-bond acceptors (Lipinski definition) is 1. The van der Waals surface area contributed by atoms with Crippen molar-refractivity contribution in [2.45, 2.75) is 13.0 Å². The van der Waals surface area contributed by atoms with Crippen LogP contribution in [-0.4, -0.2) is 6.54 Å². The molecule has 2 aromatic carbocycles. The molecule has 0 bridgehead atoms. The summed E-state index contributed by atoms with van der Waals surface area (Å²) in [6.07, 6.45) is 0. The van der Waals surface area contributed by atoms with E-state index in [0.29, 0.717) is 5.02 Å². The summed E-state index contributed by atoms with van der Waals surface area (Å²) < 4.78 is 14.2. The SMILES string of the molecule is CCNC(c1cccc(F)c1)c1cccc(Br)c1Cl. The molecule has 1 unspecified atom stereocenters. The van der Waals surface area contributed by atoms with Gasteiger partial charge in [0.25, 0.3) is 0 Å². The maximum absolute atomic E-state index is 13.4. The predicted octanol–water partition coefficient (Wildman–Crippen LogP) is 4.94. The van der Waals surface area contributed by atoms with Crippen LogP contribution in [0.3, 0.4) is 0 Å². The Balaban J connectivity index is 2.48. The second kappa shape index (κ2) is 6.51. The molecule has 2 rings (SSSR count). The minimum atomic E-state index is -0.244. The van der Waals surface area contributed by atoms with Crippen LogP contribution in [0, 0.1) is 5.82 Å². The number of nitrogens with one attached hydrogen (secondary N) is 1. The Morgan fingerprint density at radius 1 is 1.26 bits per heavy atom. The monoisotopic (exact) mass is 341 g/mol. The first-order valence-corrected chi connectivity index (χ1v) is 7.23. The Bertz CT molecular complexity index is 574. The first-order valence-electron chi connectivity index (χ1n) is 6.06. The third-order valence-electron chi connectivity index (χ3n) is 2.88. The Morgan fingerprint density at radius 3 is 2.68 bits per heavy atom. The molecule has 0 fully saturated rings. The zero-order valence-electron chi connectivity index (χ0n) is 10.5. The van der Waals surface area contributed by atoms with Gasteiger partial charge in [0, 0.05) is 4.47 Å². The van der Waals surface area contributed by atoms with E-state index in [1.807, 2.05) is 31.2 Å². The minimum Gasteiger partial charge on any atom is -0.306 e. The van der Waals surface area contributed by atoms with Gasteiger partial charge >= 0.3 is 0 Å². The van der Waals surface area contributed by atoms with Crippen molar-refractivity contribution in [3.63, 3.8) is 0 Å². The first-order chi connectivity index (χ1) is 9.13. The molecule has 0 aliphatic rings. The smallest absolute Gasteiger partial charge is 0.123 e. The van der Waals surface area contributed by atoms with Crippen molar-refractivity contribution in [3.8, 4) is 0 Å². The number of halogens is 3. The lowest BCUT2D eigenvalue weighted by Crippen LogP contribution is -2.22. The van der Waals surface area contributed by atoms with E-state index in [9.17, 15) is 4.39 Å². The topological polar surface area (TPSA) is 12.0 Å². The lowest BCUT2D eigenvalue weighted by atomic mass is 9.98. The third-order valence-corrected chi connectivity index (χ3v) is 4.19. The maximum Gasteiger partial charge on any atom is 0.123 e. The molecular formula is C15H14BrClFN. The molecule has 0 amide bonds. The molecule has 0 aliphatic carbocycles. The van der Waals surface area contributed by atoms with E-state index in [1.54, 1.807) is 6.07 Å². The molecule has 19 heavy (non-hydrogen) atoms. The van der Waals surface area contributed by atoms with Gasteiger partial charge in [-0.2, -0.15) is 0 Å². The summed E-state index contributed by atoms with van der Waals surface area (Å²) in [5.74, 6) is -0.244. The molecule has 0 aromatic heterocycles. The van der Waals surface area contributed by atoms with Crippen molar-refractivity contribution >= 4 is 27.5 Å². The highest BCUT2D eigenvalue weighted by atomic mass is 79.9. The van der Waals surface area contributed by atoms with Crippen LogP contribution in [0.25, 0.3) is 0 Å². The normalized spacial score (nSPS) is 12.4. The Hall–Kier alpha value is -0.900. The molecule has 0 spiro atoms. The maximum atomic E-state index is 13.4. The Kier molecular flexibility index (Phi) is 4.97. The summed E-state index contributed by atoms with van der Waals surface area (Å²) in [6, 6.07) is 12.2. The molecule has 0 heterocycles. The van der Waals surface area contributed by atoms with Gasteiger partial charge in [-0.25, -0.2) is 4.39 Å². The van der Waals surface area contributed by atoms with Crippen molar-refractivity contribution in [2.75, 3.05) is 6.54 Å². The quantitative estimate of drug-likeness (QED) is 0.830. The summed E-state index contributed by atoms with van der Waals surface area (Å²) in [6.45, 7) is 2.78. The fraction of sp³-hybridized carbons (Fsp3) is 0.200. The summed E-state index contributed by atoms with van der Waals surface area (Å²) >= 11 is 9.75. The van der Waals surface area contributed by atoms with E-state index in [1.165, 1.54) is 12.1 Å². The molecular weight excluding hydrogens is 329 g/mol. The number of rotatable bonds is 4. The molecule has 4 heteroatoms. The van der Waals surface area contributed by atoms with Crippen LogP contribution in [0.15, 0.2) is 46.9 Å². The van der Waals surface area contributed by atoms with Crippen LogP contribution in [0.2, 0.25) is 5.02 Å². The number of benzene rings is 2. The van der Waals surface area contributed by atoms with E-state index in [2.05, 4.69) is 21.2 Å². The summed E-state index contributed by atoms with van der Waals surface area (Å²) in [4.78, 5) is 0. The lowest BCUT2D eigenvalue weighted by Gasteiger charge is -2.20. The minimum absolute atomic E-state index is 0.120. The Labute approximate surface area is 125 Å². The summed E-state index contributed by atoms with van der Waals surface area (Å²) in [5.41, 5.74) is 1.80.